The second-order valence-electron chi connectivity index (χ2n) is 5.82. The number of hydrogen-bond acceptors (Lipinski definition) is 4. The number of nitrogens with zero attached hydrogens (tertiary/aromatic N) is 1. The molecule has 2 aromatic carbocycles. The molecule has 3 rings (SSSR count). The van der Waals surface area contributed by atoms with Crippen LogP contribution in [-0.2, 0) is 33.3 Å². The molecule has 0 saturated carbocycles. The average molecular weight is 345 g/mol. The SMILES string of the molecule is COC(=O)N1CCc2ccc(CS(=O)(=O)c3ccccc3)cc2C1. The quantitative estimate of drug-likeness (QED) is 0.858. The lowest BCUT2D eigenvalue weighted by molar-refractivity contribution is 0.118. The molecule has 6 heteroatoms. The van der Waals surface area contributed by atoms with E-state index in [4.69, 9.17) is 4.74 Å². The number of carbonyl (C=O) groups is 1. The van der Waals surface area contributed by atoms with Gasteiger partial charge in [-0.25, -0.2) is 13.2 Å². The summed E-state index contributed by atoms with van der Waals surface area (Å²) >= 11 is 0. The Labute approximate surface area is 141 Å². The summed E-state index contributed by atoms with van der Waals surface area (Å²) in [6, 6.07) is 14.1. The molecule has 0 aromatic heterocycles. The number of amides is 1. The summed E-state index contributed by atoms with van der Waals surface area (Å²) in [7, 11) is -2.02. The molecule has 1 heterocycles. The van der Waals surface area contributed by atoms with Crippen LogP contribution in [0.3, 0.4) is 0 Å². The molecule has 0 spiro atoms. The predicted octanol–water partition coefficient (Wildman–Crippen LogP) is 2.79. The Morgan fingerprint density at radius 1 is 1.12 bits per heavy atom. The van der Waals surface area contributed by atoms with E-state index in [1.807, 2.05) is 18.2 Å². The third-order valence-electron chi connectivity index (χ3n) is 4.17. The molecule has 0 saturated heterocycles. The highest BCUT2D eigenvalue weighted by Crippen LogP contribution is 2.23. The van der Waals surface area contributed by atoms with E-state index < -0.39 is 9.84 Å². The van der Waals surface area contributed by atoms with E-state index in [2.05, 4.69) is 0 Å². The smallest absolute Gasteiger partial charge is 0.409 e. The second kappa shape index (κ2) is 6.65. The van der Waals surface area contributed by atoms with Gasteiger partial charge < -0.3 is 9.64 Å². The van der Waals surface area contributed by atoms with Crippen LogP contribution in [-0.4, -0.2) is 33.1 Å². The number of ether oxygens (including phenoxy) is 1. The zero-order chi connectivity index (χ0) is 17.2. The van der Waals surface area contributed by atoms with Crippen LogP contribution in [0.1, 0.15) is 16.7 Å². The van der Waals surface area contributed by atoms with Crippen molar-refractivity contribution in [2.45, 2.75) is 23.6 Å². The first-order valence-electron chi connectivity index (χ1n) is 7.71. The van der Waals surface area contributed by atoms with Gasteiger partial charge >= 0.3 is 6.09 Å². The summed E-state index contributed by atoms with van der Waals surface area (Å²) in [5.41, 5.74) is 2.85. The van der Waals surface area contributed by atoms with Crippen LogP contribution >= 0.6 is 0 Å². The molecule has 0 fully saturated rings. The lowest BCUT2D eigenvalue weighted by atomic mass is 9.98. The molecule has 1 amide bonds. The normalized spacial score (nSPS) is 14.1. The Morgan fingerprint density at radius 2 is 1.88 bits per heavy atom. The standard InChI is InChI=1S/C18H19NO4S/c1-23-18(20)19-10-9-15-8-7-14(11-16(15)12-19)13-24(21,22)17-5-3-2-4-6-17/h2-8,11H,9-10,12-13H2,1H3. The van der Waals surface area contributed by atoms with Crippen molar-refractivity contribution in [1.82, 2.24) is 4.90 Å². The van der Waals surface area contributed by atoms with Crippen LogP contribution in [0, 0.1) is 0 Å². The lowest BCUT2D eigenvalue weighted by Gasteiger charge is -2.28. The highest BCUT2D eigenvalue weighted by molar-refractivity contribution is 7.90. The molecule has 0 unspecified atom stereocenters. The van der Waals surface area contributed by atoms with E-state index in [9.17, 15) is 13.2 Å². The molecule has 0 radical (unpaired) electrons. The van der Waals surface area contributed by atoms with Crippen LogP contribution in [0.5, 0.6) is 0 Å². The molecule has 5 nitrogen and oxygen atoms in total. The molecule has 0 aliphatic carbocycles. The van der Waals surface area contributed by atoms with Crippen molar-refractivity contribution in [1.29, 1.82) is 0 Å². The second-order valence-corrected chi connectivity index (χ2v) is 7.81. The van der Waals surface area contributed by atoms with Gasteiger partial charge in [0.05, 0.1) is 17.8 Å². The third-order valence-corrected chi connectivity index (χ3v) is 5.88. The van der Waals surface area contributed by atoms with Crippen LogP contribution in [0.4, 0.5) is 4.79 Å². The van der Waals surface area contributed by atoms with Crippen molar-refractivity contribution >= 4 is 15.9 Å². The number of methoxy groups -OCH3 is 1. The van der Waals surface area contributed by atoms with Crippen molar-refractivity contribution in [2.24, 2.45) is 0 Å². The molecule has 24 heavy (non-hydrogen) atoms. The number of fused-ring (bicyclic) bond motifs is 1. The van der Waals surface area contributed by atoms with Gasteiger partial charge in [0.25, 0.3) is 0 Å². The fourth-order valence-corrected chi connectivity index (χ4v) is 4.27. The Bertz CT molecular complexity index is 847. The van der Waals surface area contributed by atoms with Gasteiger partial charge in [-0.05, 0) is 35.2 Å². The number of sulfone groups is 1. The van der Waals surface area contributed by atoms with Crippen LogP contribution in [0.25, 0.3) is 0 Å². The molecule has 1 aliphatic rings. The van der Waals surface area contributed by atoms with E-state index in [0.29, 0.717) is 18.0 Å². The number of rotatable bonds is 3. The van der Waals surface area contributed by atoms with Gasteiger partial charge in [0.1, 0.15) is 0 Å². The molecular weight excluding hydrogens is 326 g/mol. The number of carbonyl (C=O) groups excluding carboxylic acids is 1. The van der Waals surface area contributed by atoms with Gasteiger partial charge in [-0.2, -0.15) is 0 Å². The van der Waals surface area contributed by atoms with Crippen molar-refractivity contribution in [3.63, 3.8) is 0 Å². The van der Waals surface area contributed by atoms with Gasteiger partial charge in [0, 0.05) is 13.1 Å². The lowest BCUT2D eigenvalue weighted by Crippen LogP contribution is -2.35. The minimum Gasteiger partial charge on any atom is -0.453 e. The molecule has 126 valence electrons. The minimum absolute atomic E-state index is 0.0531. The van der Waals surface area contributed by atoms with E-state index in [0.717, 1.165) is 23.1 Å². The molecule has 1 aliphatic heterocycles. The number of hydrogen-bond donors (Lipinski definition) is 0. The predicted molar refractivity (Wildman–Crippen MR) is 90.3 cm³/mol. The first-order valence-corrected chi connectivity index (χ1v) is 9.36. The van der Waals surface area contributed by atoms with Gasteiger partial charge in [0.15, 0.2) is 9.84 Å². The summed E-state index contributed by atoms with van der Waals surface area (Å²) < 4.78 is 29.8. The molecule has 0 bridgehead atoms. The zero-order valence-corrected chi connectivity index (χ0v) is 14.3. The number of benzene rings is 2. The minimum atomic E-state index is -3.38. The maximum Gasteiger partial charge on any atom is 0.409 e. The topological polar surface area (TPSA) is 63.7 Å². The van der Waals surface area contributed by atoms with Crippen LogP contribution < -0.4 is 0 Å². The maximum atomic E-state index is 12.5. The van der Waals surface area contributed by atoms with E-state index in [1.165, 1.54) is 7.11 Å². The van der Waals surface area contributed by atoms with Crippen molar-refractivity contribution in [2.75, 3.05) is 13.7 Å². The van der Waals surface area contributed by atoms with E-state index in [-0.39, 0.29) is 11.8 Å². The van der Waals surface area contributed by atoms with Gasteiger partial charge in [-0.3, -0.25) is 0 Å². The maximum absolute atomic E-state index is 12.5. The summed E-state index contributed by atoms with van der Waals surface area (Å²) in [5, 5.41) is 0. The summed E-state index contributed by atoms with van der Waals surface area (Å²) in [6.45, 7) is 1.06. The third kappa shape index (κ3) is 3.43. The summed E-state index contributed by atoms with van der Waals surface area (Å²) in [5.74, 6) is -0.0531. The largest absolute Gasteiger partial charge is 0.453 e. The van der Waals surface area contributed by atoms with Gasteiger partial charge in [0.2, 0.25) is 0 Å². The summed E-state index contributed by atoms with van der Waals surface area (Å²) in [4.78, 5) is 13.6. The zero-order valence-electron chi connectivity index (χ0n) is 13.4. The van der Waals surface area contributed by atoms with Gasteiger partial charge in [-0.15, -0.1) is 0 Å². The Hall–Kier alpha value is -2.34. The van der Waals surface area contributed by atoms with Crippen LogP contribution in [0.15, 0.2) is 53.4 Å². The Kier molecular flexibility index (Phi) is 4.57. The average Bonchev–Trinajstić information content (AvgIpc) is 2.61. The monoisotopic (exact) mass is 345 g/mol. The molecule has 2 aromatic rings. The first-order chi connectivity index (χ1) is 11.5. The highest BCUT2D eigenvalue weighted by Gasteiger charge is 2.22. The molecule has 0 N–H and O–H groups in total. The fourth-order valence-electron chi connectivity index (χ4n) is 2.92. The van der Waals surface area contributed by atoms with E-state index >= 15 is 0 Å². The Morgan fingerprint density at radius 3 is 2.58 bits per heavy atom. The van der Waals surface area contributed by atoms with E-state index in [1.54, 1.807) is 35.2 Å². The molecular formula is C18H19NO4S. The first kappa shape index (κ1) is 16.5. The van der Waals surface area contributed by atoms with Crippen molar-refractivity contribution in [3.05, 3.63) is 65.2 Å². The fraction of sp³-hybridized carbons (Fsp3) is 0.278. The molecule has 0 atom stereocenters. The van der Waals surface area contributed by atoms with Crippen LogP contribution in [0.2, 0.25) is 0 Å². The Balaban J connectivity index is 1.83. The van der Waals surface area contributed by atoms with Gasteiger partial charge in [-0.1, -0.05) is 36.4 Å². The van der Waals surface area contributed by atoms with Crippen molar-refractivity contribution < 1.29 is 17.9 Å². The summed E-state index contributed by atoms with van der Waals surface area (Å²) in [6.07, 6.45) is 0.388. The van der Waals surface area contributed by atoms with Crippen molar-refractivity contribution in [3.8, 4) is 0 Å². The highest BCUT2D eigenvalue weighted by atomic mass is 32.2.